The minimum Gasteiger partial charge on any atom is -0.494 e. The second-order valence-corrected chi connectivity index (χ2v) is 6.05. The van der Waals surface area contributed by atoms with Crippen molar-refractivity contribution in [1.82, 2.24) is 9.55 Å². The molecule has 0 aliphatic rings. The first-order chi connectivity index (χ1) is 11.6. The summed E-state index contributed by atoms with van der Waals surface area (Å²) in [5, 5.41) is 0.619. The maximum absolute atomic E-state index is 11.4. The van der Waals surface area contributed by atoms with Crippen molar-refractivity contribution in [2.24, 2.45) is 0 Å². The SMILES string of the molecule is C=Cc1nc(C)n(Cc2ccc(OCCCCC)cc2Cl)c1C=O. The molecule has 0 radical (unpaired) electrons. The van der Waals surface area contributed by atoms with Gasteiger partial charge in [-0.1, -0.05) is 44.0 Å². The number of benzene rings is 1. The first-order valence-electron chi connectivity index (χ1n) is 8.16. The average Bonchev–Trinajstić information content (AvgIpc) is 2.89. The molecular formula is C19H23ClN2O2. The average molecular weight is 347 g/mol. The molecule has 0 saturated carbocycles. The van der Waals surface area contributed by atoms with E-state index in [9.17, 15) is 4.79 Å². The third-order valence-corrected chi connectivity index (χ3v) is 4.25. The van der Waals surface area contributed by atoms with Gasteiger partial charge < -0.3 is 9.30 Å². The number of imidazole rings is 1. The van der Waals surface area contributed by atoms with Gasteiger partial charge in [0.15, 0.2) is 6.29 Å². The summed E-state index contributed by atoms with van der Waals surface area (Å²) in [5.74, 6) is 1.52. The second kappa shape index (κ2) is 8.69. The lowest BCUT2D eigenvalue weighted by Gasteiger charge is -2.11. The molecule has 0 atom stereocenters. The van der Waals surface area contributed by atoms with E-state index in [1.807, 2.05) is 29.7 Å². The van der Waals surface area contributed by atoms with Crippen molar-refractivity contribution >= 4 is 24.0 Å². The topological polar surface area (TPSA) is 44.1 Å². The number of ether oxygens (including phenoxy) is 1. The molecule has 5 heteroatoms. The normalized spacial score (nSPS) is 10.6. The van der Waals surface area contributed by atoms with Crippen molar-refractivity contribution in [2.45, 2.75) is 39.7 Å². The number of aromatic nitrogens is 2. The third-order valence-electron chi connectivity index (χ3n) is 3.90. The van der Waals surface area contributed by atoms with Crippen molar-refractivity contribution in [2.75, 3.05) is 6.61 Å². The highest BCUT2D eigenvalue weighted by molar-refractivity contribution is 6.31. The number of rotatable bonds is 9. The summed E-state index contributed by atoms with van der Waals surface area (Å²) < 4.78 is 7.55. The van der Waals surface area contributed by atoms with E-state index >= 15 is 0 Å². The van der Waals surface area contributed by atoms with Crippen LogP contribution in [0.1, 0.15) is 53.8 Å². The van der Waals surface area contributed by atoms with E-state index in [1.54, 1.807) is 6.08 Å². The Labute approximate surface area is 148 Å². The Morgan fingerprint density at radius 3 is 2.79 bits per heavy atom. The smallest absolute Gasteiger partial charge is 0.168 e. The molecule has 0 bridgehead atoms. The standard InChI is InChI=1S/C19H23ClN2O2/c1-4-6-7-10-24-16-9-8-15(17(20)11-16)12-22-14(3)21-18(5-2)19(22)13-23/h5,8-9,11,13H,2,4,6-7,10,12H2,1,3H3. The lowest BCUT2D eigenvalue weighted by molar-refractivity contribution is 0.111. The molecule has 128 valence electrons. The molecule has 2 rings (SSSR count). The van der Waals surface area contributed by atoms with Crippen LogP contribution in [-0.4, -0.2) is 22.4 Å². The molecule has 0 spiro atoms. The quantitative estimate of drug-likeness (QED) is 0.478. The van der Waals surface area contributed by atoms with Gasteiger partial charge >= 0.3 is 0 Å². The summed E-state index contributed by atoms with van der Waals surface area (Å²) in [4.78, 5) is 15.7. The number of hydrogen-bond acceptors (Lipinski definition) is 3. The van der Waals surface area contributed by atoms with Crippen molar-refractivity contribution in [3.05, 3.63) is 52.6 Å². The Morgan fingerprint density at radius 2 is 2.17 bits per heavy atom. The lowest BCUT2D eigenvalue weighted by atomic mass is 10.2. The summed E-state index contributed by atoms with van der Waals surface area (Å²) in [5.41, 5.74) is 2.02. The number of hydrogen-bond donors (Lipinski definition) is 0. The Balaban J connectivity index is 2.15. The Bertz CT molecular complexity index is 722. The van der Waals surface area contributed by atoms with E-state index in [4.69, 9.17) is 16.3 Å². The monoisotopic (exact) mass is 346 g/mol. The van der Waals surface area contributed by atoms with Crippen LogP contribution in [0.25, 0.3) is 6.08 Å². The Kier molecular flexibility index (Phi) is 6.62. The highest BCUT2D eigenvalue weighted by atomic mass is 35.5. The molecule has 2 aromatic rings. The van der Waals surface area contributed by atoms with Gasteiger partial charge in [-0.25, -0.2) is 4.98 Å². The molecule has 0 aliphatic heterocycles. The van der Waals surface area contributed by atoms with Gasteiger partial charge in [0, 0.05) is 5.02 Å². The Hall–Kier alpha value is -2.07. The van der Waals surface area contributed by atoms with Gasteiger partial charge in [-0.3, -0.25) is 4.79 Å². The van der Waals surface area contributed by atoms with Crippen LogP contribution in [0.4, 0.5) is 0 Å². The number of aldehydes is 1. The molecule has 1 aromatic heterocycles. The minimum absolute atomic E-state index is 0.482. The molecule has 0 N–H and O–H groups in total. The minimum atomic E-state index is 0.482. The molecule has 24 heavy (non-hydrogen) atoms. The molecule has 4 nitrogen and oxygen atoms in total. The predicted molar refractivity (Wildman–Crippen MR) is 98.0 cm³/mol. The maximum Gasteiger partial charge on any atom is 0.168 e. The molecule has 0 aliphatic carbocycles. The van der Waals surface area contributed by atoms with E-state index in [2.05, 4.69) is 18.5 Å². The first kappa shape index (κ1) is 18.3. The zero-order valence-electron chi connectivity index (χ0n) is 14.2. The van der Waals surface area contributed by atoms with Crippen molar-refractivity contribution in [1.29, 1.82) is 0 Å². The largest absolute Gasteiger partial charge is 0.494 e. The van der Waals surface area contributed by atoms with Crippen LogP contribution in [0.5, 0.6) is 5.75 Å². The van der Waals surface area contributed by atoms with Gasteiger partial charge in [0.1, 0.15) is 17.3 Å². The summed E-state index contributed by atoms with van der Waals surface area (Å²) in [6.45, 7) is 8.89. The third kappa shape index (κ3) is 4.26. The fraction of sp³-hybridized carbons (Fsp3) is 0.368. The second-order valence-electron chi connectivity index (χ2n) is 5.65. The van der Waals surface area contributed by atoms with Gasteiger partial charge in [-0.15, -0.1) is 0 Å². The van der Waals surface area contributed by atoms with Gasteiger partial charge in [-0.2, -0.15) is 0 Å². The van der Waals surface area contributed by atoms with Crippen LogP contribution in [0, 0.1) is 6.92 Å². The van der Waals surface area contributed by atoms with Crippen molar-refractivity contribution in [3.63, 3.8) is 0 Å². The number of nitrogens with zero attached hydrogens (tertiary/aromatic N) is 2. The van der Waals surface area contributed by atoms with E-state index in [1.165, 1.54) is 6.42 Å². The summed E-state index contributed by atoms with van der Waals surface area (Å²) in [7, 11) is 0. The van der Waals surface area contributed by atoms with Gasteiger partial charge in [0.25, 0.3) is 0 Å². The number of halogens is 1. The van der Waals surface area contributed by atoms with Gasteiger partial charge in [0.2, 0.25) is 0 Å². The Morgan fingerprint density at radius 1 is 1.38 bits per heavy atom. The number of aryl methyl sites for hydroxylation is 1. The van der Waals surface area contributed by atoms with Crippen LogP contribution in [0.15, 0.2) is 24.8 Å². The fourth-order valence-electron chi connectivity index (χ4n) is 2.54. The van der Waals surface area contributed by atoms with E-state index < -0.39 is 0 Å². The zero-order valence-corrected chi connectivity index (χ0v) is 15.0. The molecule has 0 saturated heterocycles. The van der Waals surface area contributed by atoms with Crippen LogP contribution < -0.4 is 4.74 Å². The predicted octanol–water partition coefficient (Wildman–Crippen LogP) is 4.92. The number of carbonyl (C=O) groups excluding carboxylic acids is 1. The van der Waals surface area contributed by atoms with Crippen molar-refractivity contribution < 1.29 is 9.53 Å². The van der Waals surface area contributed by atoms with Gasteiger partial charge in [0.05, 0.1) is 18.8 Å². The number of carbonyl (C=O) groups is 1. The van der Waals surface area contributed by atoms with Gasteiger partial charge in [-0.05, 0) is 37.1 Å². The van der Waals surface area contributed by atoms with E-state index in [-0.39, 0.29) is 0 Å². The molecular weight excluding hydrogens is 324 g/mol. The summed E-state index contributed by atoms with van der Waals surface area (Å²) in [6.07, 6.45) is 5.75. The van der Waals surface area contributed by atoms with Crippen molar-refractivity contribution in [3.8, 4) is 5.75 Å². The van der Waals surface area contributed by atoms with E-state index in [0.717, 1.165) is 36.3 Å². The first-order valence-corrected chi connectivity index (χ1v) is 8.54. The molecule has 1 aromatic carbocycles. The highest BCUT2D eigenvalue weighted by Crippen LogP contribution is 2.25. The number of unbranched alkanes of at least 4 members (excludes halogenated alkanes) is 2. The van der Waals surface area contributed by atoms with Crippen LogP contribution in [0.2, 0.25) is 5.02 Å². The highest BCUT2D eigenvalue weighted by Gasteiger charge is 2.13. The fourth-order valence-corrected chi connectivity index (χ4v) is 2.77. The van der Waals surface area contributed by atoms with Crippen LogP contribution in [-0.2, 0) is 6.54 Å². The summed E-state index contributed by atoms with van der Waals surface area (Å²) >= 11 is 6.39. The zero-order chi connectivity index (χ0) is 17.5. The maximum atomic E-state index is 11.4. The molecule has 0 fully saturated rings. The summed E-state index contributed by atoms with van der Waals surface area (Å²) in [6, 6.07) is 5.66. The lowest BCUT2D eigenvalue weighted by Crippen LogP contribution is -2.07. The molecule has 0 amide bonds. The van der Waals surface area contributed by atoms with Crippen LogP contribution >= 0.6 is 11.6 Å². The van der Waals surface area contributed by atoms with E-state index in [0.29, 0.717) is 29.6 Å². The molecule has 0 unspecified atom stereocenters. The molecule has 1 heterocycles. The van der Waals surface area contributed by atoms with Crippen LogP contribution in [0.3, 0.4) is 0 Å².